The van der Waals surface area contributed by atoms with Crippen LogP contribution in [0.4, 0.5) is 5.69 Å². The predicted octanol–water partition coefficient (Wildman–Crippen LogP) is 2.95. The van der Waals surface area contributed by atoms with Gasteiger partial charge < -0.3 is 19.2 Å². The van der Waals surface area contributed by atoms with Crippen LogP contribution in [0.25, 0.3) is 16.9 Å². The van der Waals surface area contributed by atoms with Gasteiger partial charge in [0.1, 0.15) is 11.3 Å². The molecule has 1 N–H and O–H groups in total. The second-order valence-electron chi connectivity index (χ2n) is 5.82. The summed E-state index contributed by atoms with van der Waals surface area (Å²) in [6.45, 7) is 2.01. The van der Waals surface area contributed by atoms with Gasteiger partial charge in [-0.2, -0.15) is 0 Å². The topological polar surface area (TPSA) is 81.9 Å². The van der Waals surface area contributed by atoms with Crippen LogP contribution in [0.2, 0.25) is 0 Å². The number of hydrogen-bond donors (Lipinski definition) is 1. The number of pyridine rings is 1. The molecule has 3 rings (SSSR count). The maximum absolute atomic E-state index is 11.8. The Bertz CT molecular complexity index is 1020. The van der Waals surface area contributed by atoms with Crippen molar-refractivity contribution < 1.29 is 19.1 Å². The Morgan fingerprint density at radius 3 is 2.48 bits per heavy atom. The van der Waals surface area contributed by atoms with Gasteiger partial charge in [-0.3, -0.25) is 0 Å². The molecule has 0 bridgehead atoms. The molecule has 0 atom stereocenters. The van der Waals surface area contributed by atoms with Crippen molar-refractivity contribution in [3.05, 3.63) is 66.1 Å². The lowest BCUT2D eigenvalue weighted by Gasteiger charge is -2.09. The van der Waals surface area contributed by atoms with Crippen LogP contribution in [0.1, 0.15) is 5.56 Å². The highest BCUT2D eigenvalue weighted by Gasteiger charge is 2.13. The molecule has 0 aliphatic heterocycles. The predicted molar refractivity (Wildman–Crippen MR) is 101 cm³/mol. The number of rotatable bonds is 5. The molecule has 0 radical (unpaired) electrons. The minimum Gasteiger partial charge on any atom is -0.466 e. The SMILES string of the molecule is COC(=O)/C=C(/Nc1ccc(-c2cn3cccc(C)c3n2)cc1)C(=O)OC. The van der Waals surface area contributed by atoms with E-state index in [4.69, 9.17) is 0 Å². The van der Waals surface area contributed by atoms with E-state index < -0.39 is 11.9 Å². The molecule has 0 fully saturated rings. The average Bonchev–Trinajstić information content (AvgIpc) is 3.13. The summed E-state index contributed by atoms with van der Waals surface area (Å²) in [4.78, 5) is 27.9. The molecule has 0 aliphatic carbocycles. The van der Waals surface area contributed by atoms with E-state index in [-0.39, 0.29) is 5.70 Å². The van der Waals surface area contributed by atoms with Gasteiger partial charge in [0, 0.05) is 23.6 Å². The van der Waals surface area contributed by atoms with Crippen LogP contribution >= 0.6 is 0 Å². The molecule has 1 aromatic carbocycles. The lowest BCUT2D eigenvalue weighted by atomic mass is 10.1. The number of imidazole rings is 1. The van der Waals surface area contributed by atoms with E-state index in [9.17, 15) is 9.59 Å². The third-order valence-corrected chi connectivity index (χ3v) is 4.01. The molecule has 2 aromatic heterocycles. The molecule has 7 nitrogen and oxygen atoms in total. The molecule has 0 spiro atoms. The van der Waals surface area contributed by atoms with Crippen LogP contribution < -0.4 is 5.32 Å². The zero-order valence-electron chi connectivity index (χ0n) is 15.2. The number of aromatic nitrogens is 2. The molecule has 3 aromatic rings. The minimum absolute atomic E-state index is 0.0135. The largest absolute Gasteiger partial charge is 0.466 e. The van der Waals surface area contributed by atoms with Crippen LogP contribution in [0.15, 0.2) is 60.6 Å². The van der Waals surface area contributed by atoms with Crippen LogP contribution in [0.3, 0.4) is 0 Å². The van der Waals surface area contributed by atoms with E-state index in [2.05, 4.69) is 19.8 Å². The van der Waals surface area contributed by atoms with Crippen molar-refractivity contribution in [2.45, 2.75) is 6.92 Å². The Morgan fingerprint density at radius 1 is 1.11 bits per heavy atom. The number of carbonyl (C=O) groups excluding carboxylic acids is 2. The highest BCUT2D eigenvalue weighted by Crippen LogP contribution is 2.23. The van der Waals surface area contributed by atoms with Crippen LogP contribution in [-0.2, 0) is 19.1 Å². The van der Waals surface area contributed by atoms with E-state index >= 15 is 0 Å². The van der Waals surface area contributed by atoms with Gasteiger partial charge in [0.05, 0.1) is 26.0 Å². The first-order valence-corrected chi connectivity index (χ1v) is 8.21. The normalized spacial score (nSPS) is 11.3. The summed E-state index contributed by atoms with van der Waals surface area (Å²) in [6.07, 6.45) is 4.96. The number of nitrogens with zero attached hydrogens (tertiary/aromatic N) is 2. The average molecular weight is 365 g/mol. The summed E-state index contributed by atoms with van der Waals surface area (Å²) < 4.78 is 11.2. The first kappa shape index (κ1) is 18.2. The second-order valence-corrected chi connectivity index (χ2v) is 5.82. The fourth-order valence-electron chi connectivity index (χ4n) is 2.61. The van der Waals surface area contributed by atoms with Crippen molar-refractivity contribution in [2.75, 3.05) is 19.5 Å². The number of anilines is 1. The van der Waals surface area contributed by atoms with E-state index in [1.54, 1.807) is 12.1 Å². The highest BCUT2D eigenvalue weighted by molar-refractivity contribution is 5.98. The van der Waals surface area contributed by atoms with E-state index in [1.165, 1.54) is 14.2 Å². The minimum atomic E-state index is -0.666. The van der Waals surface area contributed by atoms with E-state index in [0.29, 0.717) is 5.69 Å². The Kier molecular flexibility index (Phi) is 5.21. The summed E-state index contributed by atoms with van der Waals surface area (Å²) >= 11 is 0. The second kappa shape index (κ2) is 7.74. The number of benzene rings is 1. The third kappa shape index (κ3) is 3.98. The Hall–Kier alpha value is -3.61. The quantitative estimate of drug-likeness (QED) is 0.553. The number of methoxy groups -OCH3 is 2. The van der Waals surface area contributed by atoms with Crippen LogP contribution in [0, 0.1) is 6.92 Å². The molecule has 2 heterocycles. The number of esters is 2. The summed E-state index contributed by atoms with van der Waals surface area (Å²) in [6, 6.07) is 11.3. The van der Waals surface area contributed by atoms with Crippen molar-refractivity contribution in [3.8, 4) is 11.3 Å². The maximum atomic E-state index is 11.8. The zero-order valence-corrected chi connectivity index (χ0v) is 15.2. The van der Waals surface area contributed by atoms with Gasteiger partial charge in [0.2, 0.25) is 0 Å². The number of hydrogen-bond acceptors (Lipinski definition) is 6. The lowest BCUT2D eigenvalue weighted by molar-refractivity contribution is -0.138. The van der Waals surface area contributed by atoms with Crippen molar-refractivity contribution in [1.29, 1.82) is 0 Å². The number of nitrogens with one attached hydrogen (secondary N) is 1. The molecule has 0 aliphatic rings. The Labute approximate surface area is 156 Å². The number of aryl methyl sites for hydroxylation is 1. The van der Waals surface area contributed by atoms with Crippen LogP contribution in [-0.4, -0.2) is 35.5 Å². The monoisotopic (exact) mass is 365 g/mol. The smallest absolute Gasteiger partial charge is 0.354 e. The standard InChI is InChI=1S/C20H19N3O4/c1-13-5-4-10-23-12-17(22-19(13)23)14-6-8-15(9-7-14)21-16(20(25)27-3)11-18(24)26-2/h4-12,21H,1-3H3/b16-11+. The molecular formula is C20H19N3O4. The summed E-state index contributed by atoms with van der Waals surface area (Å²) in [5, 5.41) is 2.87. The van der Waals surface area contributed by atoms with Crippen molar-refractivity contribution in [1.82, 2.24) is 9.38 Å². The van der Waals surface area contributed by atoms with Gasteiger partial charge in [-0.05, 0) is 30.7 Å². The zero-order chi connectivity index (χ0) is 19.4. The molecule has 0 saturated heterocycles. The first-order valence-electron chi connectivity index (χ1n) is 8.21. The summed E-state index contributed by atoms with van der Waals surface area (Å²) in [5.74, 6) is -1.32. The Balaban J connectivity index is 1.85. The van der Waals surface area contributed by atoms with E-state index in [0.717, 1.165) is 28.5 Å². The van der Waals surface area contributed by atoms with Crippen molar-refractivity contribution in [2.24, 2.45) is 0 Å². The molecule has 0 saturated carbocycles. The van der Waals surface area contributed by atoms with Crippen LogP contribution in [0.5, 0.6) is 0 Å². The first-order chi connectivity index (χ1) is 13.0. The van der Waals surface area contributed by atoms with Gasteiger partial charge in [0.25, 0.3) is 0 Å². The molecule has 7 heteroatoms. The van der Waals surface area contributed by atoms with Crippen molar-refractivity contribution in [3.63, 3.8) is 0 Å². The summed E-state index contributed by atoms with van der Waals surface area (Å²) in [7, 11) is 2.47. The molecule has 0 amide bonds. The molecule has 27 heavy (non-hydrogen) atoms. The van der Waals surface area contributed by atoms with Gasteiger partial charge in [-0.15, -0.1) is 0 Å². The number of fused-ring (bicyclic) bond motifs is 1. The van der Waals surface area contributed by atoms with Gasteiger partial charge in [0.15, 0.2) is 0 Å². The number of ether oxygens (including phenoxy) is 2. The van der Waals surface area contributed by atoms with Crippen molar-refractivity contribution >= 4 is 23.3 Å². The maximum Gasteiger partial charge on any atom is 0.354 e. The molecule has 0 unspecified atom stereocenters. The lowest BCUT2D eigenvalue weighted by Crippen LogP contribution is -2.15. The molecular weight excluding hydrogens is 346 g/mol. The van der Waals surface area contributed by atoms with E-state index in [1.807, 2.05) is 48.0 Å². The fraction of sp³-hybridized carbons (Fsp3) is 0.150. The van der Waals surface area contributed by atoms with Gasteiger partial charge in [-0.25, -0.2) is 14.6 Å². The van der Waals surface area contributed by atoms with Gasteiger partial charge in [-0.1, -0.05) is 18.2 Å². The van der Waals surface area contributed by atoms with Gasteiger partial charge >= 0.3 is 11.9 Å². The number of carbonyl (C=O) groups is 2. The Morgan fingerprint density at radius 2 is 1.85 bits per heavy atom. The third-order valence-electron chi connectivity index (χ3n) is 4.01. The highest BCUT2D eigenvalue weighted by atomic mass is 16.5. The summed E-state index contributed by atoms with van der Waals surface area (Å²) in [5.41, 5.74) is 4.38. The molecule has 138 valence electrons. The fourth-order valence-corrected chi connectivity index (χ4v) is 2.61.